The van der Waals surface area contributed by atoms with Crippen molar-refractivity contribution < 1.29 is 19.4 Å². The molecule has 0 bridgehead atoms. The molecule has 1 aromatic carbocycles. The van der Waals surface area contributed by atoms with Crippen molar-refractivity contribution in [2.24, 2.45) is 0 Å². The first kappa shape index (κ1) is 18.6. The first-order chi connectivity index (χ1) is 13.9. The van der Waals surface area contributed by atoms with E-state index < -0.39 is 5.97 Å². The normalized spacial score (nSPS) is 14.6. The highest BCUT2D eigenvalue weighted by molar-refractivity contribution is 5.88. The number of carbonyl (C=O) groups is 2. The summed E-state index contributed by atoms with van der Waals surface area (Å²) >= 11 is 0. The third-order valence-electron chi connectivity index (χ3n) is 4.80. The van der Waals surface area contributed by atoms with Gasteiger partial charge in [0, 0.05) is 18.7 Å². The van der Waals surface area contributed by atoms with Crippen LogP contribution < -0.4 is 10.3 Å². The van der Waals surface area contributed by atoms with Crippen molar-refractivity contribution in [1.82, 2.24) is 9.38 Å². The first-order valence-corrected chi connectivity index (χ1v) is 9.20. The minimum Gasteiger partial charge on any atom is -0.478 e. The van der Waals surface area contributed by atoms with Crippen molar-refractivity contribution in [2.75, 3.05) is 0 Å². The van der Waals surface area contributed by atoms with Crippen LogP contribution in [0.2, 0.25) is 0 Å². The highest BCUT2D eigenvalue weighted by Crippen LogP contribution is 2.30. The van der Waals surface area contributed by atoms with Crippen molar-refractivity contribution in [3.8, 4) is 5.75 Å². The molecule has 29 heavy (non-hydrogen) atoms. The number of rotatable bonds is 3. The molecule has 0 radical (unpaired) electrons. The Labute approximate surface area is 165 Å². The van der Waals surface area contributed by atoms with E-state index in [4.69, 9.17) is 4.74 Å². The maximum atomic E-state index is 13.0. The third kappa shape index (κ3) is 3.67. The average Bonchev–Trinajstić information content (AvgIpc) is 2.68. The molecule has 2 heterocycles. The second-order valence-electron chi connectivity index (χ2n) is 6.88. The van der Waals surface area contributed by atoms with Gasteiger partial charge in [-0.25, -0.2) is 9.78 Å². The highest BCUT2D eigenvalue weighted by Gasteiger charge is 2.21. The molecule has 0 atom stereocenters. The number of carboxylic acids is 1. The molecule has 2 aromatic heterocycles. The number of aromatic nitrogens is 2. The van der Waals surface area contributed by atoms with Gasteiger partial charge in [-0.1, -0.05) is 12.1 Å². The molecule has 1 aliphatic carbocycles. The predicted molar refractivity (Wildman–Crippen MR) is 107 cm³/mol. The molecule has 146 valence electrons. The number of fused-ring (bicyclic) bond motifs is 2. The van der Waals surface area contributed by atoms with E-state index in [1.54, 1.807) is 24.3 Å². The molecular weight excluding hydrogens is 372 g/mol. The maximum absolute atomic E-state index is 13.0. The Morgan fingerprint density at radius 1 is 1.21 bits per heavy atom. The second-order valence-corrected chi connectivity index (χ2v) is 6.88. The van der Waals surface area contributed by atoms with Crippen LogP contribution in [-0.2, 0) is 11.2 Å². The van der Waals surface area contributed by atoms with Gasteiger partial charge in [0.05, 0.1) is 11.3 Å². The number of esters is 1. The SMILES string of the molecule is CC(=O)Oc1cccc(C=C2CCCc3c2nc2ccc(C(=O)O)cn2c3=O)c1. The molecule has 0 spiro atoms. The molecule has 0 fully saturated rings. The van der Waals surface area contributed by atoms with Gasteiger partial charge in [-0.2, -0.15) is 0 Å². The monoisotopic (exact) mass is 390 g/mol. The minimum atomic E-state index is -1.09. The summed E-state index contributed by atoms with van der Waals surface area (Å²) < 4.78 is 6.43. The van der Waals surface area contributed by atoms with Gasteiger partial charge in [-0.15, -0.1) is 0 Å². The van der Waals surface area contributed by atoms with Gasteiger partial charge < -0.3 is 9.84 Å². The summed E-state index contributed by atoms with van der Waals surface area (Å²) in [6.07, 6.45) is 5.41. The summed E-state index contributed by atoms with van der Waals surface area (Å²) in [6, 6.07) is 10.1. The van der Waals surface area contributed by atoms with Crippen molar-refractivity contribution in [2.45, 2.75) is 26.2 Å². The quantitative estimate of drug-likeness (QED) is 0.545. The molecular formula is C22H18N2O5. The van der Waals surface area contributed by atoms with E-state index in [1.165, 1.54) is 23.6 Å². The lowest BCUT2D eigenvalue weighted by molar-refractivity contribution is -0.131. The summed E-state index contributed by atoms with van der Waals surface area (Å²) in [5.41, 5.74) is 3.19. The summed E-state index contributed by atoms with van der Waals surface area (Å²) in [5, 5.41) is 9.18. The predicted octanol–water partition coefficient (Wildman–Crippen LogP) is 3.19. The van der Waals surface area contributed by atoms with Crippen LogP contribution in [0.1, 0.15) is 46.9 Å². The number of pyridine rings is 1. The molecule has 1 aliphatic rings. The number of carboxylic acid groups (broad SMARTS) is 1. The summed E-state index contributed by atoms with van der Waals surface area (Å²) in [7, 11) is 0. The second kappa shape index (κ2) is 7.35. The molecule has 3 aromatic rings. The summed E-state index contributed by atoms with van der Waals surface area (Å²) in [4.78, 5) is 40.0. The van der Waals surface area contributed by atoms with E-state index >= 15 is 0 Å². The number of carbonyl (C=O) groups excluding carboxylic acids is 1. The van der Waals surface area contributed by atoms with Gasteiger partial charge in [-0.05, 0) is 60.7 Å². The Kier molecular flexibility index (Phi) is 4.72. The molecule has 0 saturated carbocycles. The number of allylic oxidation sites excluding steroid dienone is 1. The zero-order valence-corrected chi connectivity index (χ0v) is 15.7. The Hall–Kier alpha value is -3.74. The number of ether oxygens (including phenoxy) is 1. The van der Waals surface area contributed by atoms with Gasteiger partial charge in [0.1, 0.15) is 11.4 Å². The molecule has 7 nitrogen and oxygen atoms in total. The fraction of sp³-hybridized carbons (Fsp3) is 0.182. The Bertz CT molecular complexity index is 1240. The Morgan fingerprint density at radius 3 is 2.79 bits per heavy atom. The van der Waals surface area contributed by atoms with E-state index in [1.807, 2.05) is 12.1 Å². The van der Waals surface area contributed by atoms with Gasteiger partial charge in [-0.3, -0.25) is 14.0 Å². The molecule has 7 heteroatoms. The van der Waals surface area contributed by atoms with Crippen LogP contribution in [0.15, 0.2) is 47.4 Å². The zero-order chi connectivity index (χ0) is 20.5. The van der Waals surface area contributed by atoms with Crippen molar-refractivity contribution in [1.29, 1.82) is 0 Å². The van der Waals surface area contributed by atoms with E-state index in [9.17, 15) is 19.5 Å². The van der Waals surface area contributed by atoms with E-state index in [-0.39, 0.29) is 17.1 Å². The molecule has 0 amide bonds. The number of nitrogens with zero attached hydrogens (tertiary/aromatic N) is 2. The third-order valence-corrected chi connectivity index (χ3v) is 4.80. The van der Waals surface area contributed by atoms with Crippen molar-refractivity contribution in [3.05, 3.63) is 75.3 Å². The Morgan fingerprint density at radius 2 is 2.03 bits per heavy atom. The standard InChI is InChI=1S/C22H18N2O5/c1-13(25)29-17-6-2-4-14(11-17)10-15-5-3-7-18-20(15)23-19-9-8-16(22(27)28)12-24(19)21(18)26/h2,4,6,8-12H,3,5,7H2,1H3,(H,27,28). The zero-order valence-electron chi connectivity index (χ0n) is 15.7. The molecule has 0 unspecified atom stereocenters. The van der Waals surface area contributed by atoms with Crippen LogP contribution in [0.4, 0.5) is 0 Å². The highest BCUT2D eigenvalue weighted by atomic mass is 16.5. The maximum Gasteiger partial charge on any atom is 0.337 e. The molecule has 0 aliphatic heterocycles. The van der Waals surface area contributed by atoms with Crippen molar-refractivity contribution >= 4 is 29.2 Å². The summed E-state index contributed by atoms with van der Waals surface area (Å²) in [5.74, 6) is -1.03. The molecule has 1 N–H and O–H groups in total. The molecule has 4 rings (SSSR count). The van der Waals surface area contributed by atoms with Gasteiger partial charge in [0.25, 0.3) is 5.56 Å². The van der Waals surface area contributed by atoms with Crippen LogP contribution >= 0.6 is 0 Å². The smallest absolute Gasteiger partial charge is 0.337 e. The lowest BCUT2D eigenvalue weighted by atomic mass is 9.90. The average molecular weight is 390 g/mol. The van der Waals surface area contributed by atoms with E-state index in [0.29, 0.717) is 29.1 Å². The largest absolute Gasteiger partial charge is 0.478 e. The van der Waals surface area contributed by atoms with E-state index in [0.717, 1.165) is 24.0 Å². The topological polar surface area (TPSA) is 98.0 Å². The fourth-order valence-electron chi connectivity index (χ4n) is 3.54. The van der Waals surface area contributed by atoms with Crippen LogP contribution in [0.5, 0.6) is 5.75 Å². The van der Waals surface area contributed by atoms with Gasteiger partial charge >= 0.3 is 11.9 Å². The van der Waals surface area contributed by atoms with Crippen LogP contribution in [-0.4, -0.2) is 26.4 Å². The fourth-order valence-corrected chi connectivity index (χ4v) is 3.54. The van der Waals surface area contributed by atoms with Crippen LogP contribution in [0.3, 0.4) is 0 Å². The van der Waals surface area contributed by atoms with Crippen LogP contribution in [0.25, 0.3) is 17.3 Å². The number of hydrogen-bond acceptors (Lipinski definition) is 5. The van der Waals surface area contributed by atoms with Gasteiger partial charge in [0.2, 0.25) is 0 Å². The van der Waals surface area contributed by atoms with Crippen LogP contribution in [0, 0.1) is 0 Å². The lowest BCUT2D eigenvalue weighted by Crippen LogP contribution is -2.25. The molecule has 0 saturated heterocycles. The van der Waals surface area contributed by atoms with Crippen molar-refractivity contribution in [3.63, 3.8) is 0 Å². The number of benzene rings is 1. The number of hydrogen-bond donors (Lipinski definition) is 1. The summed E-state index contributed by atoms with van der Waals surface area (Å²) in [6.45, 7) is 1.35. The minimum absolute atomic E-state index is 0.0372. The Balaban J connectivity index is 1.82. The lowest BCUT2D eigenvalue weighted by Gasteiger charge is -2.18. The van der Waals surface area contributed by atoms with Gasteiger partial charge in [0.15, 0.2) is 0 Å². The number of aromatic carboxylic acids is 1. The van der Waals surface area contributed by atoms with E-state index in [2.05, 4.69) is 4.98 Å². The first-order valence-electron chi connectivity index (χ1n) is 9.20.